The van der Waals surface area contributed by atoms with E-state index in [-0.39, 0.29) is 17.0 Å². The van der Waals surface area contributed by atoms with Gasteiger partial charge in [0.25, 0.3) is 0 Å². The van der Waals surface area contributed by atoms with Crippen LogP contribution in [0.2, 0.25) is 5.02 Å². The molecule has 1 atom stereocenters. The standard InChI is InChI=1S/C22H26ClFN2O2/c1-6-7-18-20(21(27)28-12-22(3,4)5)19(16(11-25)13(2)26-18)15-9-8-14(24)10-17(15)23/h8-10,19,26H,6-7,12H2,1-5H3. The Kier molecular flexibility index (Phi) is 6.90. The lowest BCUT2D eigenvalue weighted by molar-refractivity contribution is -0.142. The molecule has 6 heteroatoms. The van der Waals surface area contributed by atoms with Gasteiger partial charge in [-0.3, -0.25) is 0 Å². The van der Waals surface area contributed by atoms with Gasteiger partial charge in [0, 0.05) is 16.4 Å². The third-order valence-electron chi connectivity index (χ3n) is 4.40. The molecule has 4 nitrogen and oxygen atoms in total. The van der Waals surface area contributed by atoms with Crippen molar-refractivity contribution in [1.82, 2.24) is 5.32 Å². The molecule has 2 rings (SSSR count). The number of nitriles is 1. The van der Waals surface area contributed by atoms with E-state index in [0.717, 1.165) is 6.42 Å². The zero-order valence-corrected chi connectivity index (χ0v) is 17.7. The smallest absolute Gasteiger partial charge is 0.336 e. The number of allylic oxidation sites excluding steroid dienone is 3. The fourth-order valence-electron chi connectivity index (χ4n) is 3.14. The first-order valence-corrected chi connectivity index (χ1v) is 9.69. The van der Waals surface area contributed by atoms with Crippen molar-refractivity contribution in [3.05, 3.63) is 57.1 Å². The molecule has 1 aromatic rings. The fourth-order valence-corrected chi connectivity index (χ4v) is 3.42. The van der Waals surface area contributed by atoms with E-state index in [1.54, 1.807) is 6.92 Å². The number of dihydropyridines is 1. The molecular weight excluding hydrogens is 379 g/mol. The molecule has 150 valence electrons. The molecule has 1 heterocycles. The van der Waals surface area contributed by atoms with Crippen LogP contribution in [0.25, 0.3) is 0 Å². The summed E-state index contributed by atoms with van der Waals surface area (Å²) >= 11 is 6.31. The van der Waals surface area contributed by atoms with Crippen molar-refractivity contribution in [2.45, 2.75) is 53.4 Å². The van der Waals surface area contributed by atoms with Gasteiger partial charge in [-0.15, -0.1) is 0 Å². The van der Waals surface area contributed by atoms with Gasteiger partial charge in [-0.1, -0.05) is 51.8 Å². The van der Waals surface area contributed by atoms with E-state index in [1.807, 2.05) is 27.7 Å². The lowest BCUT2D eigenvalue weighted by Crippen LogP contribution is -2.31. The number of rotatable bonds is 5. The fraction of sp³-hybridized carbons (Fsp3) is 0.455. The molecular formula is C22H26ClFN2O2. The maximum Gasteiger partial charge on any atom is 0.336 e. The van der Waals surface area contributed by atoms with E-state index in [1.165, 1.54) is 18.2 Å². The second kappa shape index (κ2) is 8.79. The van der Waals surface area contributed by atoms with Gasteiger partial charge in [-0.25, -0.2) is 9.18 Å². The number of carbonyl (C=O) groups is 1. The monoisotopic (exact) mass is 404 g/mol. The number of benzene rings is 1. The lowest BCUT2D eigenvalue weighted by Gasteiger charge is -2.31. The van der Waals surface area contributed by atoms with Crippen LogP contribution >= 0.6 is 11.6 Å². The summed E-state index contributed by atoms with van der Waals surface area (Å²) in [4.78, 5) is 13.1. The molecule has 0 fully saturated rings. The second-order valence-corrected chi connectivity index (χ2v) is 8.56. The average Bonchev–Trinajstić information content (AvgIpc) is 2.59. The average molecular weight is 405 g/mol. The van der Waals surface area contributed by atoms with Gasteiger partial charge < -0.3 is 10.1 Å². The third kappa shape index (κ3) is 4.94. The quantitative estimate of drug-likeness (QED) is 0.648. The first-order chi connectivity index (χ1) is 13.1. The molecule has 0 amide bonds. The molecule has 1 aliphatic rings. The summed E-state index contributed by atoms with van der Waals surface area (Å²) in [7, 11) is 0. The highest BCUT2D eigenvalue weighted by molar-refractivity contribution is 6.31. The van der Waals surface area contributed by atoms with Gasteiger partial charge in [0.05, 0.1) is 29.7 Å². The van der Waals surface area contributed by atoms with Crippen molar-refractivity contribution in [2.24, 2.45) is 5.41 Å². The largest absolute Gasteiger partial charge is 0.462 e. The number of carbonyl (C=O) groups excluding carboxylic acids is 1. The molecule has 1 N–H and O–H groups in total. The van der Waals surface area contributed by atoms with Gasteiger partial charge in [-0.05, 0) is 36.5 Å². The van der Waals surface area contributed by atoms with Crippen molar-refractivity contribution in [3.63, 3.8) is 0 Å². The van der Waals surface area contributed by atoms with Crippen LogP contribution < -0.4 is 5.32 Å². The molecule has 0 bridgehead atoms. The molecule has 0 aromatic heterocycles. The van der Waals surface area contributed by atoms with Crippen molar-refractivity contribution in [1.29, 1.82) is 5.26 Å². The minimum Gasteiger partial charge on any atom is -0.462 e. The zero-order valence-electron chi connectivity index (χ0n) is 17.0. The second-order valence-electron chi connectivity index (χ2n) is 8.15. The van der Waals surface area contributed by atoms with Gasteiger partial charge in [-0.2, -0.15) is 5.26 Å². The van der Waals surface area contributed by atoms with E-state index in [0.29, 0.717) is 34.5 Å². The number of ether oxygens (including phenoxy) is 1. The Morgan fingerprint density at radius 1 is 1.39 bits per heavy atom. The van der Waals surface area contributed by atoms with Crippen LogP contribution in [0.4, 0.5) is 4.39 Å². The number of nitrogens with one attached hydrogen (secondary N) is 1. The Labute approximate surface area is 171 Å². The molecule has 1 aromatic carbocycles. The van der Waals surface area contributed by atoms with Gasteiger partial charge >= 0.3 is 5.97 Å². The summed E-state index contributed by atoms with van der Waals surface area (Å²) in [5, 5.41) is 13.1. The number of esters is 1. The summed E-state index contributed by atoms with van der Waals surface area (Å²) in [6.45, 7) is 9.95. The molecule has 28 heavy (non-hydrogen) atoms. The Hall–Kier alpha value is -2.32. The molecule has 0 spiro atoms. The van der Waals surface area contributed by atoms with Crippen LogP contribution in [0.1, 0.15) is 58.9 Å². The molecule has 1 aliphatic heterocycles. The zero-order chi connectivity index (χ0) is 21.1. The molecule has 0 aliphatic carbocycles. The van der Waals surface area contributed by atoms with E-state index in [4.69, 9.17) is 16.3 Å². The van der Waals surface area contributed by atoms with Crippen molar-refractivity contribution in [2.75, 3.05) is 6.61 Å². The summed E-state index contributed by atoms with van der Waals surface area (Å²) in [6, 6.07) is 6.19. The van der Waals surface area contributed by atoms with E-state index >= 15 is 0 Å². The predicted octanol–water partition coefficient (Wildman–Crippen LogP) is 5.61. The highest BCUT2D eigenvalue weighted by Gasteiger charge is 2.36. The maximum absolute atomic E-state index is 13.6. The van der Waals surface area contributed by atoms with Gasteiger partial charge in [0.2, 0.25) is 0 Å². The SMILES string of the molecule is CCCC1=C(C(=O)OCC(C)(C)C)C(c2ccc(F)cc2Cl)C(C#N)=C(C)N1. The topological polar surface area (TPSA) is 62.1 Å². The minimum atomic E-state index is -0.701. The van der Waals surface area contributed by atoms with E-state index in [2.05, 4.69) is 11.4 Å². The van der Waals surface area contributed by atoms with Gasteiger partial charge in [0.15, 0.2) is 0 Å². The predicted molar refractivity (Wildman–Crippen MR) is 108 cm³/mol. The van der Waals surface area contributed by atoms with Crippen LogP contribution in [-0.2, 0) is 9.53 Å². The van der Waals surface area contributed by atoms with Crippen molar-refractivity contribution in [3.8, 4) is 6.07 Å². The van der Waals surface area contributed by atoms with Crippen LogP contribution in [-0.4, -0.2) is 12.6 Å². The summed E-state index contributed by atoms with van der Waals surface area (Å²) in [6.07, 6.45) is 1.42. The van der Waals surface area contributed by atoms with Gasteiger partial charge in [0.1, 0.15) is 5.82 Å². The normalized spacial score (nSPS) is 17.3. The molecule has 0 saturated heterocycles. The third-order valence-corrected chi connectivity index (χ3v) is 4.72. The Balaban J connectivity index is 2.62. The maximum atomic E-state index is 13.6. The summed E-state index contributed by atoms with van der Waals surface area (Å²) in [5.41, 5.74) is 2.41. The van der Waals surface area contributed by atoms with Crippen LogP contribution in [0.15, 0.2) is 40.7 Å². The summed E-state index contributed by atoms with van der Waals surface area (Å²) in [5.74, 6) is -1.67. The Morgan fingerprint density at radius 3 is 2.61 bits per heavy atom. The van der Waals surface area contributed by atoms with E-state index in [9.17, 15) is 14.4 Å². The Bertz CT molecular complexity index is 876. The van der Waals surface area contributed by atoms with Crippen LogP contribution in [0.3, 0.4) is 0 Å². The lowest BCUT2D eigenvalue weighted by atomic mass is 9.80. The summed E-state index contributed by atoms with van der Waals surface area (Å²) < 4.78 is 19.2. The number of hydrogen-bond donors (Lipinski definition) is 1. The minimum absolute atomic E-state index is 0.171. The number of hydrogen-bond acceptors (Lipinski definition) is 4. The van der Waals surface area contributed by atoms with Crippen LogP contribution in [0, 0.1) is 22.6 Å². The van der Waals surface area contributed by atoms with E-state index < -0.39 is 17.7 Å². The first kappa shape index (κ1) is 22.0. The van der Waals surface area contributed by atoms with Crippen molar-refractivity contribution < 1.29 is 13.9 Å². The van der Waals surface area contributed by atoms with Crippen LogP contribution in [0.5, 0.6) is 0 Å². The molecule has 1 unspecified atom stereocenters. The Morgan fingerprint density at radius 2 is 2.07 bits per heavy atom. The first-order valence-electron chi connectivity index (χ1n) is 9.32. The highest BCUT2D eigenvalue weighted by Crippen LogP contribution is 2.42. The molecule has 0 saturated carbocycles. The number of halogens is 2. The number of nitrogens with zero attached hydrogens (tertiary/aromatic N) is 1. The van der Waals surface area contributed by atoms with Crippen molar-refractivity contribution >= 4 is 17.6 Å². The molecule has 0 radical (unpaired) electrons. The highest BCUT2D eigenvalue weighted by atomic mass is 35.5.